The van der Waals surface area contributed by atoms with E-state index in [0.29, 0.717) is 5.82 Å². The van der Waals surface area contributed by atoms with Gasteiger partial charge in [0.15, 0.2) is 11.9 Å². The van der Waals surface area contributed by atoms with Crippen LogP contribution in [-0.4, -0.2) is 27.0 Å². The predicted octanol–water partition coefficient (Wildman–Crippen LogP) is 2.47. The smallest absolute Gasteiger partial charge is 0.331 e. The van der Waals surface area contributed by atoms with Crippen LogP contribution >= 0.6 is 0 Å². The fourth-order valence-corrected chi connectivity index (χ4v) is 2.69. The maximum absolute atomic E-state index is 13.2. The van der Waals surface area contributed by atoms with Crippen molar-refractivity contribution in [2.75, 3.05) is 0 Å². The summed E-state index contributed by atoms with van der Waals surface area (Å²) in [5.74, 6) is 0.638. The number of hydrogen-bond donors (Lipinski definition) is 2. The minimum atomic E-state index is -4.72. The van der Waals surface area contributed by atoms with E-state index in [2.05, 4.69) is 15.5 Å². The normalized spacial score (nSPS) is 14.9. The molecule has 0 aliphatic carbocycles. The number of amides is 2. The van der Waals surface area contributed by atoms with E-state index in [0.717, 1.165) is 49.5 Å². The molecule has 2 aromatic rings. The number of hydrogen-bond acceptors (Lipinski definition) is 3. The number of halogens is 4. The van der Waals surface area contributed by atoms with Crippen LogP contribution in [0.5, 0.6) is 0 Å². The first-order valence-corrected chi connectivity index (χ1v) is 7.62. The molecule has 1 aliphatic rings. The molecule has 2 N–H and O–H groups in total. The van der Waals surface area contributed by atoms with E-state index in [4.69, 9.17) is 0 Å². The van der Waals surface area contributed by atoms with E-state index in [1.165, 1.54) is 0 Å². The second-order valence-corrected chi connectivity index (χ2v) is 5.64. The monoisotopic (exact) mass is 357 g/mol. The van der Waals surface area contributed by atoms with Gasteiger partial charge in [-0.3, -0.25) is 0 Å². The summed E-state index contributed by atoms with van der Waals surface area (Å²) in [5, 5.41) is 12.1. The zero-order chi connectivity index (χ0) is 18.0. The standard InChI is InChI=1S/C15H15F4N5O/c16-10-5-3-9(4-6-10)13(15(17,18)19)21-14(25)20-8-12-23-22-11-2-1-7-24(11)12/h3-6,13H,1-2,7-8H2,(H2,20,21,25). The van der Waals surface area contributed by atoms with Crippen molar-refractivity contribution in [2.45, 2.75) is 38.1 Å². The lowest BCUT2D eigenvalue weighted by Gasteiger charge is -2.22. The number of aromatic nitrogens is 3. The Morgan fingerprint density at radius 1 is 1.24 bits per heavy atom. The quantitative estimate of drug-likeness (QED) is 0.826. The zero-order valence-corrected chi connectivity index (χ0v) is 13.0. The van der Waals surface area contributed by atoms with Gasteiger partial charge in [0, 0.05) is 13.0 Å². The van der Waals surface area contributed by atoms with Crippen LogP contribution in [0, 0.1) is 5.82 Å². The highest BCUT2D eigenvalue weighted by Gasteiger charge is 2.42. The van der Waals surface area contributed by atoms with Crippen molar-refractivity contribution in [3.63, 3.8) is 0 Å². The van der Waals surface area contributed by atoms with E-state index < -0.39 is 24.1 Å². The average molecular weight is 357 g/mol. The van der Waals surface area contributed by atoms with Crippen molar-refractivity contribution in [1.82, 2.24) is 25.4 Å². The second kappa shape index (κ2) is 6.69. The van der Waals surface area contributed by atoms with Gasteiger partial charge in [-0.25, -0.2) is 9.18 Å². The van der Waals surface area contributed by atoms with Crippen molar-refractivity contribution in [1.29, 1.82) is 0 Å². The number of rotatable bonds is 4. The highest BCUT2D eigenvalue weighted by atomic mass is 19.4. The molecule has 134 valence electrons. The fourth-order valence-electron chi connectivity index (χ4n) is 2.69. The Morgan fingerprint density at radius 3 is 2.64 bits per heavy atom. The molecule has 0 spiro atoms. The number of fused-ring (bicyclic) bond motifs is 1. The van der Waals surface area contributed by atoms with Crippen LogP contribution in [0.1, 0.15) is 29.7 Å². The third-order valence-electron chi connectivity index (χ3n) is 3.90. The average Bonchev–Trinajstić information content (AvgIpc) is 3.14. The Hall–Kier alpha value is -2.65. The lowest BCUT2D eigenvalue weighted by molar-refractivity contribution is -0.154. The maximum Gasteiger partial charge on any atom is 0.412 e. The van der Waals surface area contributed by atoms with E-state index in [9.17, 15) is 22.4 Å². The number of urea groups is 1. The van der Waals surface area contributed by atoms with Crippen molar-refractivity contribution < 1.29 is 22.4 Å². The van der Waals surface area contributed by atoms with Crippen molar-refractivity contribution in [2.24, 2.45) is 0 Å². The van der Waals surface area contributed by atoms with Crippen LogP contribution in [0.15, 0.2) is 24.3 Å². The molecule has 25 heavy (non-hydrogen) atoms. The van der Waals surface area contributed by atoms with Gasteiger partial charge in [-0.05, 0) is 24.1 Å². The van der Waals surface area contributed by atoms with E-state index in [1.54, 1.807) is 0 Å². The first kappa shape index (κ1) is 17.2. The predicted molar refractivity (Wildman–Crippen MR) is 78.9 cm³/mol. The maximum atomic E-state index is 13.2. The molecule has 0 bridgehead atoms. The number of nitrogens with zero attached hydrogens (tertiary/aromatic N) is 3. The molecule has 3 rings (SSSR count). The van der Waals surface area contributed by atoms with E-state index >= 15 is 0 Å². The molecular formula is C15H15F4N5O. The van der Waals surface area contributed by atoms with Crippen LogP contribution in [0.2, 0.25) is 0 Å². The molecule has 0 radical (unpaired) electrons. The summed E-state index contributed by atoms with van der Waals surface area (Å²) in [5.41, 5.74) is -0.257. The molecule has 2 amide bonds. The van der Waals surface area contributed by atoms with Gasteiger partial charge in [-0.15, -0.1) is 10.2 Å². The van der Waals surface area contributed by atoms with Crippen molar-refractivity contribution >= 4 is 6.03 Å². The fraction of sp³-hybridized carbons (Fsp3) is 0.400. The summed E-state index contributed by atoms with van der Waals surface area (Å²) in [6, 6.07) is 0.553. The van der Waals surface area contributed by atoms with E-state index in [-0.39, 0.29) is 12.1 Å². The summed E-state index contributed by atoms with van der Waals surface area (Å²) in [4.78, 5) is 11.9. The first-order valence-electron chi connectivity index (χ1n) is 7.62. The molecule has 6 nitrogen and oxygen atoms in total. The largest absolute Gasteiger partial charge is 0.412 e. The highest BCUT2D eigenvalue weighted by molar-refractivity contribution is 5.74. The van der Waals surface area contributed by atoms with Gasteiger partial charge in [0.25, 0.3) is 0 Å². The minimum absolute atomic E-state index is 0.0349. The molecule has 1 aromatic heterocycles. The topological polar surface area (TPSA) is 71.8 Å². The van der Waals surface area contributed by atoms with Gasteiger partial charge in [0.2, 0.25) is 0 Å². The van der Waals surface area contributed by atoms with Crippen LogP contribution in [0.3, 0.4) is 0 Å². The van der Waals surface area contributed by atoms with Gasteiger partial charge in [0.05, 0.1) is 6.54 Å². The molecule has 10 heteroatoms. The van der Waals surface area contributed by atoms with Gasteiger partial charge in [-0.1, -0.05) is 12.1 Å². The summed E-state index contributed by atoms with van der Waals surface area (Å²) < 4.78 is 54.3. The lowest BCUT2D eigenvalue weighted by Crippen LogP contribution is -2.43. The van der Waals surface area contributed by atoms with Gasteiger partial charge in [-0.2, -0.15) is 13.2 Å². The van der Waals surface area contributed by atoms with Crippen LogP contribution < -0.4 is 10.6 Å². The molecule has 0 saturated heterocycles. The number of nitrogens with one attached hydrogen (secondary N) is 2. The molecule has 1 aromatic carbocycles. The Bertz CT molecular complexity index is 756. The summed E-state index contributed by atoms with van der Waals surface area (Å²) in [6.07, 6.45) is -3.00. The number of aryl methyl sites for hydroxylation is 1. The molecule has 2 heterocycles. The van der Waals surface area contributed by atoms with E-state index in [1.807, 2.05) is 9.88 Å². The van der Waals surface area contributed by atoms with Crippen LogP contribution in [-0.2, 0) is 19.5 Å². The molecule has 1 aliphatic heterocycles. The first-order chi connectivity index (χ1) is 11.8. The summed E-state index contributed by atoms with van der Waals surface area (Å²) in [7, 11) is 0. The molecule has 0 saturated carbocycles. The third kappa shape index (κ3) is 3.89. The minimum Gasteiger partial charge on any atom is -0.331 e. The highest BCUT2D eigenvalue weighted by Crippen LogP contribution is 2.32. The second-order valence-electron chi connectivity index (χ2n) is 5.64. The molecular weight excluding hydrogens is 342 g/mol. The summed E-state index contributed by atoms with van der Waals surface area (Å²) in [6.45, 7) is 0.689. The summed E-state index contributed by atoms with van der Waals surface area (Å²) >= 11 is 0. The SMILES string of the molecule is O=C(NCc1nnc2n1CCC2)NC(c1ccc(F)cc1)C(F)(F)F. The van der Waals surface area contributed by atoms with Crippen LogP contribution in [0.25, 0.3) is 0 Å². The Balaban J connectivity index is 1.65. The number of benzene rings is 1. The van der Waals surface area contributed by atoms with Gasteiger partial charge in [0.1, 0.15) is 11.6 Å². The zero-order valence-electron chi connectivity index (χ0n) is 13.0. The number of carbonyl (C=O) groups excluding carboxylic acids is 1. The Kier molecular flexibility index (Phi) is 4.60. The number of alkyl halides is 3. The Labute approximate surface area is 140 Å². The van der Waals surface area contributed by atoms with Crippen LogP contribution in [0.4, 0.5) is 22.4 Å². The molecule has 1 atom stereocenters. The number of carbonyl (C=O) groups is 1. The molecule has 1 unspecified atom stereocenters. The van der Waals surface area contributed by atoms with Gasteiger partial charge < -0.3 is 15.2 Å². The Morgan fingerprint density at radius 2 is 1.96 bits per heavy atom. The third-order valence-corrected chi connectivity index (χ3v) is 3.90. The van der Waals surface area contributed by atoms with Crippen molar-refractivity contribution in [3.8, 4) is 0 Å². The van der Waals surface area contributed by atoms with Gasteiger partial charge >= 0.3 is 12.2 Å². The van der Waals surface area contributed by atoms with Crippen molar-refractivity contribution in [3.05, 3.63) is 47.3 Å². The molecule has 0 fully saturated rings. The lowest BCUT2D eigenvalue weighted by atomic mass is 10.1.